The largest absolute Gasteiger partial charge is 0.0667 e. The molecule has 0 fully saturated rings. The van der Waals surface area contributed by atoms with Gasteiger partial charge in [-0.25, -0.2) is 0 Å². The van der Waals surface area contributed by atoms with E-state index in [1.165, 1.54) is 17.3 Å². The first-order valence-corrected chi connectivity index (χ1v) is 17.7. The van der Waals surface area contributed by atoms with Gasteiger partial charge in [0.05, 0.1) is 0 Å². The standard InChI is InChI=1S/C38H50P2/c1-12-37(10)25(2)29(39-33(35(4,5)6)31(37)27-19-15-13-16-20-27)23-30-26(3)38(11)24-40(30)34(36(7,8)9)32(38)28-21-17-14-18-22-28/h13-22,39H,12,23-24H2,1-11H3. The Balaban J connectivity index is 1.62. The Bertz CT molecular complexity index is 1440. The number of hydrogen-bond acceptors (Lipinski definition) is 0. The highest BCUT2D eigenvalue weighted by Crippen LogP contribution is 2.79. The molecule has 0 N–H and O–H groups in total. The van der Waals surface area contributed by atoms with E-state index in [-0.39, 0.29) is 29.6 Å². The van der Waals surface area contributed by atoms with Crippen LogP contribution >= 0.6 is 16.5 Å². The van der Waals surface area contributed by atoms with Crippen molar-refractivity contribution in [3.05, 3.63) is 104 Å². The lowest BCUT2D eigenvalue weighted by Gasteiger charge is -2.44. The molecule has 5 rings (SSSR count). The molecule has 3 aliphatic rings. The van der Waals surface area contributed by atoms with E-state index >= 15 is 0 Å². The normalized spacial score (nSPS) is 28.0. The topological polar surface area (TPSA) is 0 Å². The molecule has 0 radical (unpaired) electrons. The molecular formula is C38H50P2. The third-order valence-corrected chi connectivity index (χ3v) is 15.7. The van der Waals surface area contributed by atoms with Crippen LogP contribution in [0.1, 0.15) is 100 Å². The van der Waals surface area contributed by atoms with Crippen LogP contribution in [0.4, 0.5) is 0 Å². The zero-order chi connectivity index (χ0) is 29.3. The predicted octanol–water partition coefficient (Wildman–Crippen LogP) is 12.5. The molecule has 0 aromatic heterocycles. The molecule has 0 aliphatic carbocycles. The van der Waals surface area contributed by atoms with E-state index in [1.54, 1.807) is 43.5 Å². The van der Waals surface area contributed by atoms with Crippen LogP contribution in [0.5, 0.6) is 0 Å². The second kappa shape index (κ2) is 10.2. The summed E-state index contributed by atoms with van der Waals surface area (Å²) in [5.41, 5.74) is 9.93. The number of benzene rings is 2. The molecule has 2 aromatic carbocycles. The fourth-order valence-corrected chi connectivity index (χ4v) is 13.7. The highest BCUT2D eigenvalue weighted by atomic mass is 31.1. The Kier molecular flexibility index (Phi) is 7.59. The summed E-state index contributed by atoms with van der Waals surface area (Å²) >= 11 is 0. The second-order valence-electron chi connectivity index (χ2n) is 14.8. The maximum absolute atomic E-state index is 2.56. The minimum atomic E-state index is -0.297. The Morgan fingerprint density at radius 3 is 1.75 bits per heavy atom. The average molecular weight is 569 g/mol. The minimum Gasteiger partial charge on any atom is -0.0667 e. The maximum Gasteiger partial charge on any atom is 0.0191 e. The molecule has 3 heterocycles. The summed E-state index contributed by atoms with van der Waals surface area (Å²) in [6.07, 6.45) is 3.60. The molecule has 0 amide bonds. The Labute approximate surface area is 248 Å². The van der Waals surface area contributed by atoms with Gasteiger partial charge in [0.15, 0.2) is 0 Å². The van der Waals surface area contributed by atoms with E-state index in [1.807, 2.05) is 0 Å². The van der Waals surface area contributed by atoms with Gasteiger partial charge in [-0.1, -0.05) is 151 Å². The highest BCUT2D eigenvalue weighted by Gasteiger charge is 2.54. The van der Waals surface area contributed by atoms with Crippen LogP contribution in [-0.2, 0) is 0 Å². The number of hydrogen-bond donors (Lipinski definition) is 0. The predicted molar refractivity (Wildman–Crippen MR) is 182 cm³/mol. The van der Waals surface area contributed by atoms with Gasteiger partial charge in [-0.05, 0) is 87.2 Å². The molecule has 3 aliphatic heterocycles. The van der Waals surface area contributed by atoms with Gasteiger partial charge in [-0.2, -0.15) is 0 Å². The van der Waals surface area contributed by atoms with Crippen LogP contribution < -0.4 is 0 Å². The van der Waals surface area contributed by atoms with E-state index in [9.17, 15) is 0 Å². The van der Waals surface area contributed by atoms with Crippen LogP contribution in [-0.4, -0.2) is 6.16 Å². The number of rotatable bonds is 5. The van der Waals surface area contributed by atoms with Crippen molar-refractivity contribution >= 4 is 27.6 Å². The smallest absolute Gasteiger partial charge is 0.0191 e. The molecule has 212 valence electrons. The maximum atomic E-state index is 2.56. The summed E-state index contributed by atoms with van der Waals surface area (Å²) in [4.78, 5) is 0. The van der Waals surface area contributed by atoms with Gasteiger partial charge >= 0.3 is 0 Å². The molecule has 2 bridgehead atoms. The van der Waals surface area contributed by atoms with Crippen LogP contribution in [0, 0.1) is 21.7 Å². The molecule has 4 atom stereocenters. The van der Waals surface area contributed by atoms with Gasteiger partial charge in [-0.15, -0.1) is 0 Å². The molecule has 2 heteroatoms. The van der Waals surface area contributed by atoms with Gasteiger partial charge in [0.2, 0.25) is 0 Å². The fraction of sp³-hybridized carbons (Fsp3) is 0.474. The molecule has 40 heavy (non-hydrogen) atoms. The SMILES string of the molecule is CCC1(C)C(C)=C(CC2=C(C)C3(C)CP2C(C(C)(C)C)=C3c2ccccc2)PC(C(C)(C)C)=C1c1ccccc1. The van der Waals surface area contributed by atoms with Crippen LogP contribution in [0.3, 0.4) is 0 Å². The summed E-state index contributed by atoms with van der Waals surface area (Å²) in [5, 5.41) is 6.93. The Morgan fingerprint density at radius 2 is 1.27 bits per heavy atom. The summed E-state index contributed by atoms with van der Waals surface area (Å²) in [6, 6.07) is 22.6. The van der Waals surface area contributed by atoms with Crippen LogP contribution in [0.25, 0.3) is 11.1 Å². The molecule has 0 nitrogen and oxygen atoms in total. The van der Waals surface area contributed by atoms with Crippen molar-refractivity contribution in [2.24, 2.45) is 21.7 Å². The lowest BCUT2D eigenvalue weighted by atomic mass is 9.68. The summed E-state index contributed by atoms with van der Waals surface area (Å²) < 4.78 is 0. The van der Waals surface area contributed by atoms with Gasteiger partial charge < -0.3 is 0 Å². The van der Waals surface area contributed by atoms with Crippen molar-refractivity contribution in [2.75, 3.05) is 6.16 Å². The first-order valence-electron chi connectivity index (χ1n) is 15.2. The van der Waals surface area contributed by atoms with E-state index in [2.05, 4.69) is 137 Å². The molecule has 0 spiro atoms. The van der Waals surface area contributed by atoms with E-state index < -0.39 is 0 Å². The molecule has 2 aromatic rings. The highest BCUT2D eigenvalue weighted by molar-refractivity contribution is 7.67. The zero-order valence-electron chi connectivity index (χ0n) is 26.8. The number of fused-ring (bicyclic) bond motifs is 2. The summed E-state index contributed by atoms with van der Waals surface area (Å²) in [6.45, 7) is 27.1. The van der Waals surface area contributed by atoms with Gasteiger partial charge in [0, 0.05) is 10.8 Å². The van der Waals surface area contributed by atoms with Crippen molar-refractivity contribution in [3.8, 4) is 0 Å². The van der Waals surface area contributed by atoms with E-state index in [0.717, 1.165) is 21.4 Å². The lowest BCUT2D eigenvalue weighted by Crippen LogP contribution is -2.27. The zero-order valence-corrected chi connectivity index (χ0v) is 28.7. The van der Waals surface area contributed by atoms with Gasteiger partial charge in [0.1, 0.15) is 0 Å². The average Bonchev–Trinajstić information content (AvgIpc) is 3.35. The van der Waals surface area contributed by atoms with Crippen molar-refractivity contribution in [1.29, 1.82) is 0 Å². The van der Waals surface area contributed by atoms with Crippen molar-refractivity contribution in [3.63, 3.8) is 0 Å². The molecular weight excluding hydrogens is 518 g/mol. The minimum absolute atomic E-state index is 0.0612. The first kappa shape index (κ1) is 29.7. The number of allylic oxidation sites excluding steroid dienone is 8. The van der Waals surface area contributed by atoms with Gasteiger partial charge in [-0.3, -0.25) is 0 Å². The van der Waals surface area contributed by atoms with Crippen LogP contribution in [0.15, 0.2) is 93.1 Å². The van der Waals surface area contributed by atoms with Gasteiger partial charge in [0.25, 0.3) is 0 Å². The van der Waals surface area contributed by atoms with Crippen molar-refractivity contribution in [2.45, 2.75) is 89.0 Å². The Morgan fingerprint density at radius 1 is 0.750 bits per heavy atom. The molecule has 4 unspecified atom stereocenters. The third kappa shape index (κ3) is 4.67. The quantitative estimate of drug-likeness (QED) is 0.315. The molecule has 0 saturated heterocycles. The second-order valence-corrected chi connectivity index (χ2v) is 18.3. The van der Waals surface area contributed by atoms with Crippen molar-refractivity contribution < 1.29 is 0 Å². The summed E-state index contributed by atoms with van der Waals surface area (Å²) in [7, 11) is 0.471. The lowest BCUT2D eigenvalue weighted by molar-refractivity contribution is 0.480. The van der Waals surface area contributed by atoms with E-state index in [0.29, 0.717) is 0 Å². The Hall–Kier alpha value is -1.74. The molecule has 0 saturated carbocycles. The monoisotopic (exact) mass is 568 g/mol. The van der Waals surface area contributed by atoms with Crippen molar-refractivity contribution in [1.82, 2.24) is 0 Å². The summed E-state index contributed by atoms with van der Waals surface area (Å²) in [5.74, 6) is 0. The van der Waals surface area contributed by atoms with Crippen LogP contribution in [0.2, 0.25) is 0 Å². The fourth-order valence-electron chi connectivity index (χ4n) is 7.52. The van der Waals surface area contributed by atoms with E-state index in [4.69, 9.17) is 0 Å². The first-order chi connectivity index (χ1) is 18.6. The third-order valence-electron chi connectivity index (χ3n) is 10.1.